The number of rotatable bonds is 5. The Kier molecular flexibility index (Phi) is 6.19. The van der Waals surface area contributed by atoms with Gasteiger partial charge in [0.1, 0.15) is 11.3 Å². The van der Waals surface area contributed by atoms with Gasteiger partial charge in [-0.3, -0.25) is 4.57 Å². The van der Waals surface area contributed by atoms with Crippen LogP contribution >= 0.6 is 38.9 Å². The van der Waals surface area contributed by atoms with Crippen LogP contribution in [-0.2, 0) is 6.54 Å². The van der Waals surface area contributed by atoms with Gasteiger partial charge in [-0.15, -0.1) is 11.3 Å². The lowest BCUT2D eigenvalue weighted by molar-refractivity contribution is 0.233. The number of thiophene rings is 1. The minimum absolute atomic E-state index is 0.236. The highest BCUT2D eigenvalue weighted by Crippen LogP contribution is 2.28. The van der Waals surface area contributed by atoms with E-state index in [-0.39, 0.29) is 12.5 Å². The van der Waals surface area contributed by atoms with Gasteiger partial charge in [-0.2, -0.15) is 4.98 Å². The van der Waals surface area contributed by atoms with Crippen LogP contribution < -0.4 is 15.3 Å². The van der Waals surface area contributed by atoms with Gasteiger partial charge in [0.25, 0.3) is 0 Å². The van der Waals surface area contributed by atoms with E-state index in [9.17, 15) is 9.90 Å². The quantitative estimate of drug-likeness (QED) is 0.564. The minimum Gasteiger partial charge on any atom is -0.480 e. The summed E-state index contributed by atoms with van der Waals surface area (Å²) in [7, 11) is 1.49. The van der Waals surface area contributed by atoms with Gasteiger partial charge in [0.15, 0.2) is 0 Å². The van der Waals surface area contributed by atoms with Crippen molar-refractivity contribution < 1.29 is 9.84 Å². The molecule has 0 fully saturated rings. The van der Waals surface area contributed by atoms with Crippen LogP contribution in [0.5, 0.6) is 5.88 Å². The van der Waals surface area contributed by atoms with Gasteiger partial charge < -0.3 is 14.7 Å². The molecule has 0 bridgehead atoms. The molecule has 1 aliphatic heterocycles. The van der Waals surface area contributed by atoms with Crippen molar-refractivity contribution in [1.29, 1.82) is 0 Å². The fraction of sp³-hybridized carbons (Fsp3) is 0.263. The van der Waals surface area contributed by atoms with Gasteiger partial charge in [0.05, 0.1) is 35.8 Å². The number of pyridine rings is 1. The maximum absolute atomic E-state index is 12.4. The molecule has 0 aromatic carbocycles. The molecule has 0 saturated carbocycles. The first kappa shape index (κ1) is 21.0. The summed E-state index contributed by atoms with van der Waals surface area (Å²) in [5.41, 5.74) is 0.859. The Bertz CT molecular complexity index is 1170. The smallest absolute Gasteiger partial charge is 0.352 e. The van der Waals surface area contributed by atoms with E-state index in [2.05, 4.69) is 30.9 Å². The van der Waals surface area contributed by atoms with Crippen molar-refractivity contribution in [3.8, 4) is 5.88 Å². The summed E-state index contributed by atoms with van der Waals surface area (Å²) in [6.07, 6.45) is 2.49. The Labute approximate surface area is 189 Å². The van der Waals surface area contributed by atoms with Gasteiger partial charge in [-0.25, -0.2) is 14.8 Å². The number of halogens is 2. The zero-order valence-electron chi connectivity index (χ0n) is 15.8. The van der Waals surface area contributed by atoms with Crippen molar-refractivity contribution in [2.45, 2.75) is 12.6 Å². The fourth-order valence-corrected chi connectivity index (χ4v) is 4.77. The van der Waals surface area contributed by atoms with Crippen LogP contribution in [0.25, 0.3) is 5.57 Å². The second kappa shape index (κ2) is 8.84. The number of anilines is 1. The lowest BCUT2D eigenvalue weighted by Crippen LogP contribution is -2.40. The molecular weight excluding hydrogens is 494 g/mol. The SMILES string of the molecule is COc1nc(C2=CCN(c3ncn(Cc4ccc(Br)s4)c(=O)n3)C[C@@H]2O)ccc1Cl. The molecule has 11 heteroatoms. The van der Waals surface area contributed by atoms with Crippen LogP contribution in [0.2, 0.25) is 5.02 Å². The first-order valence-corrected chi connectivity index (χ1v) is 10.9. The Morgan fingerprint density at radius 2 is 2.17 bits per heavy atom. The summed E-state index contributed by atoms with van der Waals surface area (Å²) in [6, 6.07) is 7.29. The molecule has 3 aromatic heterocycles. The van der Waals surface area contributed by atoms with E-state index in [1.165, 1.54) is 18.0 Å². The molecule has 1 aliphatic rings. The average molecular weight is 511 g/mol. The predicted octanol–water partition coefficient (Wildman–Crippen LogP) is 2.83. The zero-order valence-corrected chi connectivity index (χ0v) is 19.0. The van der Waals surface area contributed by atoms with E-state index in [0.29, 0.717) is 35.3 Å². The maximum atomic E-state index is 12.4. The Balaban J connectivity index is 1.52. The largest absolute Gasteiger partial charge is 0.480 e. The molecule has 0 radical (unpaired) electrons. The van der Waals surface area contributed by atoms with E-state index >= 15 is 0 Å². The van der Waals surface area contributed by atoms with E-state index in [1.54, 1.807) is 28.4 Å². The molecule has 4 rings (SSSR count). The first-order chi connectivity index (χ1) is 14.4. The molecule has 3 aromatic rings. The summed E-state index contributed by atoms with van der Waals surface area (Å²) in [5, 5.41) is 11.0. The van der Waals surface area contributed by atoms with Crippen molar-refractivity contribution in [3.63, 3.8) is 0 Å². The topological polar surface area (TPSA) is 93.4 Å². The monoisotopic (exact) mass is 509 g/mol. The molecule has 0 unspecified atom stereocenters. The van der Waals surface area contributed by atoms with Crippen LogP contribution in [0, 0.1) is 0 Å². The Morgan fingerprint density at radius 1 is 1.33 bits per heavy atom. The molecule has 30 heavy (non-hydrogen) atoms. The van der Waals surface area contributed by atoms with Crippen molar-refractivity contribution in [2.75, 3.05) is 25.1 Å². The molecule has 1 N–H and O–H groups in total. The van der Waals surface area contributed by atoms with E-state index in [4.69, 9.17) is 16.3 Å². The molecule has 0 spiro atoms. The lowest BCUT2D eigenvalue weighted by Gasteiger charge is -2.30. The van der Waals surface area contributed by atoms with Gasteiger partial charge in [-0.05, 0) is 40.2 Å². The molecule has 4 heterocycles. The number of aliphatic hydroxyl groups is 1. The number of β-amino-alcohol motifs (C(OH)–C–C–N with tert-alkyl or cyclic N) is 1. The van der Waals surface area contributed by atoms with Gasteiger partial charge >= 0.3 is 5.69 Å². The number of methoxy groups -OCH3 is 1. The number of hydrogen-bond acceptors (Lipinski definition) is 8. The molecule has 0 aliphatic carbocycles. The summed E-state index contributed by atoms with van der Waals surface area (Å²) in [5.74, 6) is 0.578. The highest BCUT2D eigenvalue weighted by atomic mass is 79.9. The van der Waals surface area contributed by atoms with Gasteiger partial charge in [-0.1, -0.05) is 17.7 Å². The van der Waals surface area contributed by atoms with Crippen molar-refractivity contribution >= 4 is 50.4 Å². The van der Waals surface area contributed by atoms with Crippen molar-refractivity contribution in [3.05, 3.63) is 66.5 Å². The normalized spacial score (nSPS) is 16.5. The highest BCUT2D eigenvalue weighted by molar-refractivity contribution is 9.11. The standard InChI is InChI=1S/C19H17BrClN5O3S/c1-29-17-13(21)3-4-14(23-17)12-6-7-25(9-15(12)27)18-22-10-26(19(28)24-18)8-11-2-5-16(20)30-11/h2-6,10,15,27H,7-9H2,1H3/t15-/m0/s1. The number of hydrogen-bond donors (Lipinski definition) is 1. The summed E-state index contributed by atoms with van der Waals surface area (Å²) in [4.78, 5) is 27.9. The molecular formula is C19H17BrClN5O3S. The molecule has 0 saturated heterocycles. The van der Waals surface area contributed by atoms with Crippen LogP contribution in [0.15, 0.2) is 45.2 Å². The molecule has 1 atom stereocenters. The summed E-state index contributed by atoms with van der Waals surface area (Å²) < 4.78 is 7.60. The van der Waals surface area contributed by atoms with Gasteiger partial charge in [0, 0.05) is 17.0 Å². The highest BCUT2D eigenvalue weighted by Gasteiger charge is 2.25. The third-order valence-corrected chi connectivity index (χ3v) is 6.47. The second-order valence-corrected chi connectivity index (χ2v) is 9.50. The summed E-state index contributed by atoms with van der Waals surface area (Å²) >= 11 is 11.0. The molecule has 8 nitrogen and oxygen atoms in total. The second-order valence-electron chi connectivity index (χ2n) is 6.54. The molecule has 156 valence electrons. The Morgan fingerprint density at radius 3 is 2.83 bits per heavy atom. The van der Waals surface area contributed by atoms with Crippen molar-refractivity contribution in [1.82, 2.24) is 19.5 Å². The van der Waals surface area contributed by atoms with Crippen LogP contribution in [0.3, 0.4) is 0 Å². The number of aromatic nitrogens is 4. The Hall–Kier alpha value is -2.27. The van der Waals surface area contributed by atoms with Crippen LogP contribution in [0.4, 0.5) is 5.95 Å². The van der Waals surface area contributed by atoms with E-state index in [0.717, 1.165) is 8.66 Å². The summed E-state index contributed by atoms with van der Waals surface area (Å²) in [6.45, 7) is 1.08. The fourth-order valence-electron chi connectivity index (χ4n) is 3.11. The van der Waals surface area contributed by atoms with E-state index in [1.807, 2.05) is 18.2 Å². The third-order valence-electron chi connectivity index (χ3n) is 4.58. The van der Waals surface area contributed by atoms with Gasteiger partial charge in [0.2, 0.25) is 11.8 Å². The number of nitrogens with zero attached hydrogens (tertiary/aromatic N) is 5. The first-order valence-electron chi connectivity index (χ1n) is 8.96. The number of aliphatic hydroxyl groups excluding tert-OH is 1. The molecule has 0 amide bonds. The third kappa shape index (κ3) is 4.41. The van der Waals surface area contributed by atoms with E-state index < -0.39 is 11.8 Å². The predicted molar refractivity (Wildman–Crippen MR) is 119 cm³/mol. The zero-order chi connectivity index (χ0) is 21.3. The maximum Gasteiger partial charge on any atom is 0.352 e. The lowest BCUT2D eigenvalue weighted by atomic mass is 10.0. The number of ether oxygens (including phenoxy) is 1. The van der Waals surface area contributed by atoms with Crippen LogP contribution in [0.1, 0.15) is 10.6 Å². The average Bonchev–Trinajstić information content (AvgIpc) is 3.14. The minimum atomic E-state index is -0.827. The van der Waals surface area contributed by atoms with Crippen LogP contribution in [-0.4, -0.2) is 50.9 Å². The van der Waals surface area contributed by atoms with Crippen molar-refractivity contribution in [2.24, 2.45) is 0 Å².